The molecule has 0 amide bonds. The van der Waals surface area contributed by atoms with Crippen LogP contribution in [0.2, 0.25) is 8.87 Å². The first-order valence-corrected chi connectivity index (χ1v) is 19.5. The van der Waals surface area contributed by atoms with Crippen LogP contribution >= 0.6 is 24.4 Å². The summed E-state index contributed by atoms with van der Waals surface area (Å²) in [6, 6.07) is 25.7. The van der Waals surface area contributed by atoms with Crippen molar-refractivity contribution in [2.24, 2.45) is 6.43 Å². The third-order valence-electron chi connectivity index (χ3n) is 5.48. The number of thiocarbonyl (C=S) groups is 2. The van der Waals surface area contributed by atoms with E-state index in [1.54, 1.807) is 6.20 Å². The van der Waals surface area contributed by atoms with Gasteiger partial charge in [0.25, 0.3) is 0 Å². The molecule has 0 aliphatic heterocycles. The number of aromatic nitrogens is 4. The number of pyridine rings is 1. The molecule has 0 spiro atoms. The monoisotopic (exact) mass is 632 g/mol. The fraction of sp³-hybridized carbons (Fsp3) is 0.214. The largest absolute Gasteiger partial charge is 0.253 e. The molecular formula is C28H28N6S2Sn. The summed E-state index contributed by atoms with van der Waals surface area (Å²) in [5, 5.41) is 13.7. The summed E-state index contributed by atoms with van der Waals surface area (Å²) in [6.45, 7) is 4.28. The average Bonchev–Trinajstić information content (AvgIpc) is 2.95. The Hall–Kier alpha value is -3.00. The van der Waals surface area contributed by atoms with Crippen LogP contribution in [0.15, 0.2) is 91.5 Å². The Morgan fingerprint density at radius 2 is 1.24 bits per heavy atom. The molecule has 186 valence electrons. The minimum absolute atomic E-state index is 0.522. The smallest absolute Gasteiger partial charge is 0.201 e. The van der Waals surface area contributed by atoms with E-state index in [9.17, 15) is 0 Å². The zero-order valence-electron chi connectivity index (χ0n) is 20.9. The maximum absolute atomic E-state index is 4.75. The minimum atomic E-state index is -2.74. The van der Waals surface area contributed by atoms with Crippen molar-refractivity contribution in [1.29, 1.82) is 0 Å². The van der Waals surface area contributed by atoms with Gasteiger partial charge in [-0.2, -0.15) is 0 Å². The summed E-state index contributed by atoms with van der Waals surface area (Å²) in [5.41, 5.74) is 4.27. The molecule has 2 heterocycles. The Morgan fingerprint density at radius 3 is 1.73 bits per heavy atom. The first kappa shape index (κ1) is 28.6. The summed E-state index contributed by atoms with van der Waals surface area (Å²) < 4.78 is 10.7. The van der Waals surface area contributed by atoms with Crippen molar-refractivity contribution >= 4 is 53.7 Å². The van der Waals surface area contributed by atoms with Crippen LogP contribution in [0.3, 0.4) is 0 Å². The van der Waals surface area contributed by atoms with Gasteiger partial charge < -0.3 is 0 Å². The topological polar surface area (TPSA) is 76.3 Å². The zero-order valence-corrected chi connectivity index (χ0v) is 25.4. The minimum Gasteiger partial charge on any atom is -0.253 e. The Kier molecular flexibility index (Phi) is 11.8. The SMILES string of the molecule is CC[CH2][Sn]([CH2]CC)([N]=C=S)[N]=C=S.c1ccc(-c2nnc(-c3ccccn3)nc2-c2ccccc2)cc1. The van der Waals surface area contributed by atoms with Gasteiger partial charge in [0.1, 0.15) is 17.1 Å². The van der Waals surface area contributed by atoms with Crippen LogP contribution in [-0.4, -0.2) is 49.4 Å². The van der Waals surface area contributed by atoms with Gasteiger partial charge in [0, 0.05) is 17.3 Å². The van der Waals surface area contributed by atoms with E-state index in [0.29, 0.717) is 11.5 Å². The molecule has 0 bridgehead atoms. The molecule has 37 heavy (non-hydrogen) atoms. The van der Waals surface area contributed by atoms with Crippen molar-refractivity contribution in [3.05, 3.63) is 85.1 Å². The molecule has 0 radical (unpaired) electrons. The maximum atomic E-state index is 4.75. The van der Waals surface area contributed by atoms with Gasteiger partial charge in [0.05, 0.1) is 0 Å². The molecular weight excluding hydrogens is 603 g/mol. The molecule has 6 nitrogen and oxygen atoms in total. The molecule has 2 aromatic heterocycles. The van der Waals surface area contributed by atoms with Crippen LogP contribution in [-0.2, 0) is 0 Å². The first-order valence-electron chi connectivity index (χ1n) is 12.1. The Bertz CT molecular complexity index is 1330. The summed E-state index contributed by atoms with van der Waals surface area (Å²) in [5.74, 6) is 0.522. The van der Waals surface area contributed by atoms with Gasteiger partial charge in [-0.3, -0.25) is 4.98 Å². The molecule has 0 saturated heterocycles. The first-order chi connectivity index (χ1) is 18.2. The number of benzene rings is 2. The summed E-state index contributed by atoms with van der Waals surface area (Å²) >= 11 is 6.57. The summed E-state index contributed by atoms with van der Waals surface area (Å²) in [4.78, 5) is 9.07. The van der Waals surface area contributed by atoms with E-state index >= 15 is 0 Å². The second-order valence-electron chi connectivity index (χ2n) is 8.17. The number of isothiocyanates is 2. The van der Waals surface area contributed by atoms with E-state index in [4.69, 9.17) is 4.98 Å². The predicted molar refractivity (Wildman–Crippen MR) is 160 cm³/mol. The van der Waals surface area contributed by atoms with Crippen LogP contribution in [0.4, 0.5) is 0 Å². The van der Waals surface area contributed by atoms with Crippen LogP contribution in [0.25, 0.3) is 34.0 Å². The number of nitrogens with zero attached hydrogens (tertiary/aromatic N) is 6. The van der Waals surface area contributed by atoms with E-state index in [2.05, 4.69) is 70.2 Å². The number of hydrogen-bond donors (Lipinski definition) is 0. The molecule has 0 unspecified atom stereocenters. The van der Waals surface area contributed by atoms with Gasteiger partial charge in [0.2, 0.25) is 5.82 Å². The van der Waals surface area contributed by atoms with Gasteiger partial charge >= 0.3 is 95.7 Å². The summed E-state index contributed by atoms with van der Waals surface area (Å²) in [7, 11) is 0. The molecule has 4 rings (SSSR count). The van der Waals surface area contributed by atoms with Crippen molar-refractivity contribution in [3.8, 4) is 34.0 Å². The van der Waals surface area contributed by atoms with Gasteiger partial charge in [-0.05, 0) is 12.1 Å². The fourth-order valence-corrected chi connectivity index (χ4v) is 13.8. The molecule has 0 aliphatic rings. The third kappa shape index (κ3) is 8.25. The maximum Gasteiger partial charge on any atom is 0.201 e. The van der Waals surface area contributed by atoms with Crippen molar-refractivity contribution in [3.63, 3.8) is 0 Å². The van der Waals surface area contributed by atoms with Crippen molar-refractivity contribution < 1.29 is 0 Å². The Labute approximate surface area is 233 Å². The standard InChI is InChI=1S/C20H14N4.2C3H7.2CNS.Sn/c1-3-9-15(10-4-1)18-19(16-11-5-2-6-12-16)23-24-20(22-18)17-13-7-8-14-21-17;2*1-3-2;2*2-1-3;/h1-14H;2*1,3H2,2H3;;;/q;;;2*-1;+2. The van der Waals surface area contributed by atoms with Gasteiger partial charge in [-0.1, -0.05) is 66.7 Å². The molecule has 0 aliphatic carbocycles. The predicted octanol–water partition coefficient (Wildman–Crippen LogP) is 7.72. The van der Waals surface area contributed by atoms with Crippen molar-refractivity contribution in [2.75, 3.05) is 0 Å². The van der Waals surface area contributed by atoms with Crippen LogP contribution in [0, 0.1) is 0 Å². The second kappa shape index (κ2) is 15.3. The molecule has 4 aromatic rings. The van der Waals surface area contributed by atoms with Crippen LogP contribution in [0.5, 0.6) is 0 Å². The van der Waals surface area contributed by atoms with E-state index < -0.39 is 18.9 Å². The fourth-order valence-electron chi connectivity index (χ4n) is 3.86. The molecule has 2 aromatic carbocycles. The molecule has 9 heteroatoms. The van der Waals surface area contributed by atoms with Crippen LogP contribution in [0.1, 0.15) is 26.7 Å². The number of hydrogen-bond acceptors (Lipinski definition) is 8. The van der Waals surface area contributed by atoms with E-state index in [0.717, 1.165) is 44.2 Å². The molecule has 0 atom stereocenters. The summed E-state index contributed by atoms with van der Waals surface area (Å²) in [6.07, 6.45) is 3.92. The quantitative estimate of drug-likeness (QED) is 0.107. The van der Waals surface area contributed by atoms with Gasteiger partial charge in [-0.25, -0.2) is 4.98 Å². The van der Waals surface area contributed by atoms with E-state index in [1.807, 2.05) is 78.9 Å². The van der Waals surface area contributed by atoms with Crippen molar-refractivity contribution in [2.45, 2.75) is 35.6 Å². The second-order valence-corrected chi connectivity index (χ2v) is 18.3. The zero-order chi connectivity index (χ0) is 26.3. The number of rotatable bonds is 9. The van der Waals surface area contributed by atoms with Gasteiger partial charge in [0.15, 0.2) is 0 Å². The van der Waals surface area contributed by atoms with E-state index in [1.165, 1.54) is 0 Å². The van der Waals surface area contributed by atoms with E-state index in [-0.39, 0.29) is 0 Å². The van der Waals surface area contributed by atoms with Crippen LogP contribution < -0.4 is 0 Å². The average molecular weight is 631 g/mol. The van der Waals surface area contributed by atoms with Gasteiger partial charge in [-0.15, -0.1) is 10.2 Å². The molecule has 0 fully saturated rings. The molecule has 0 N–H and O–H groups in total. The van der Waals surface area contributed by atoms with Crippen molar-refractivity contribution in [1.82, 2.24) is 20.2 Å². The molecule has 0 saturated carbocycles. The Balaban J connectivity index is 0.000000251. The normalized spacial score (nSPS) is 10.3. The Morgan fingerprint density at radius 1 is 0.703 bits per heavy atom. The third-order valence-corrected chi connectivity index (χ3v) is 17.0.